The SMILES string of the molecule is CC(COCc1ccccc1)C[C@@H](O)CC1CCC(C(CO[Si](C)(C)C(C)(C)C)O[Si](C)(C)C(C)(C)C)O1. The van der Waals surface area contributed by atoms with Crippen LogP contribution in [-0.4, -0.2) is 59.4 Å². The van der Waals surface area contributed by atoms with Crippen LogP contribution >= 0.6 is 0 Å². The van der Waals surface area contributed by atoms with Gasteiger partial charge < -0.3 is 23.4 Å². The highest BCUT2D eigenvalue weighted by Gasteiger charge is 2.44. The average Bonchev–Trinajstić information content (AvgIpc) is 3.23. The lowest BCUT2D eigenvalue weighted by molar-refractivity contribution is -0.0580. The number of hydrogen-bond donors (Lipinski definition) is 1. The van der Waals surface area contributed by atoms with Crippen molar-refractivity contribution in [1.82, 2.24) is 0 Å². The molecule has 2 rings (SSSR count). The molecule has 0 saturated carbocycles. The van der Waals surface area contributed by atoms with Crippen LogP contribution in [0.4, 0.5) is 0 Å². The average molecular weight is 567 g/mol. The van der Waals surface area contributed by atoms with Gasteiger partial charge in [-0.3, -0.25) is 0 Å². The molecule has 1 heterocycles. The Bertz CT molecular complexity index is 816. The molecule has 5 nitrogen and oxygen atoms in total. The Labute approximate surface area is 236 Å². The van der Waals surface area contributed by atoms with E-state index in [1.807, 2.05) is 18.2 Å². The van der Waals surface area contributed by atoms with E-state index in [2.05, 4.69) is 86.8 Å². The molecule has 1 fully saturated rings. The van der Waals surface area contributed by atoms with Gasteiger partial charge in [-0.15, -0.1) is 0 Å². The predicted molar refractivity (Wildman–Crippen MR) is 164 cm³/mol. The molecule has 0 bridgehead atoms. The number of benzene rings is 1. The molecule has 38 heavy (non-hydrogen) atoms. The topological polar surface area (TPSA) is 57.2 Å². The van der Waals surface area contributed by atoms with Gasteiger partial charge in [0.05, 0.1) is 37.6 Å². The van der Waals surface area contributed by atoms with Crippen LogP contribution in [0.15, 0.2) is 30.3 Å². The second kappa shape index (κ2) is 13.9. The van der Waals surface area contributed by atoms with Crippen LogP contribution in [-0.2, 0) is 24.9 Å². The maximum absolute atomic E-state index is 10.8. The zero-order valence-corrected chi connectivity index (χ0v) is 28.3. The summed E-state index contributed by atoms with van der Waals surface area (Å²) >= 11 is 0. The van der Waals surface area contributed by atoms with E-state index >= 15 is 0 Å². The fraction of sp³-hybridized carbons (Fsp3) is 0.806. The lowest BCUT2D eigenvalue weighted by Crippen LogP contribution is -2.51. The molecule has 1 aliphatic rings. The molecule has 0 aliphatic carbocycles. The molecular weight excluding hydrogens is 509 g/mol. The number of aliphatic hydroxyl groups excluding tert-OH is 1. The van der Waals surface area contributed by atoms with Gasteiger partial charge in [0.25, 0.3) is 0 Å². The van der Waals surface area contributed by atoms with Crippen molar-refractivity contribution in [2.75, 3.05) is 13.2 Å². The Balaban J connectivity index is 1.91. The molecule has 1 aromatic carbocycles. The largest absolute Gasteiger partial charge is 0.414 e. The molecule has 0 aromatic heterocycles. The van der Waals surface area contributed by atoms with E-state index in [4.69, 9.17) is 18.3 Å². The van der Waals surface area contributed by atoms with E-state index in [0.29, 0.717) is 32.2 Å². The summed E-state index contributed by atoms with van der Waals surface area (Å²) in [4.78, 5) is 0. The van der Waals surface area contributed by atoms with Crippen molar-refractivity contribution >= 4 is 16.6 Å². The lowest BCUT2D eigenvalue weighted by Gasteiger charge is -2.43. The first-order chi connectivity index (χ1) is 17.4. The van der Waals surface area contributed by atoms with Crippen LogP contribution in [0.3, 0.4) is 0 Å². The molecule has 7 heteroatoms. The molecular formula is C31H58O5Si2. The van der Waals surface area contributed by atoms with Gasteiger partial charge in [0.2, 0.25) is 0 Å². The second-order valence-electron chi connectivity index (χ2n) is 14.6. The van der Waals surface area contributed by atoms with E-state index in [1.54, 1.807) is 0 Å². The molecule has 0 spiro atoms. The Morgan fingerprint density at radius 1 is 0.921 bits per heavy atom. The zero-order chi connectivity index (χ0) is 28.8. The molecule has 1 saturated heterocycles. The minimum absolute atomic E-state index is 0.0118. The molecule has 1 N–H and O–H groups in total. The highest BCUT2D eigenvalue weighted by molar-refractivity contribution is 6.74. The normalized spacial score (nSPS) is 21.9. The van der Waals surface area contributed by atoms with Gasteiger partial charge in [0.1, 0.15) is 0 Å². The van der Waals surface area contributed by atoms with Gasteiger partial charge in [0, 0.05) is 6.61 Å². The van der Waals surface area contributed by atoms with Gasteiger partial charge in [-0.25, -0.2) is 0 Å². The highest BCUT2D eigenvalue weighted by Crippen LogP contribution is 2.41. The molecule has 1 aliphatic heterocycles. The summed E-state index contributed by atoms with van der Waals surface area (Å²) in [5.74, 6) is 0.290. The third-order valence-corrected chi connectivity index (χ3v) is 18.0. The van der Waals surface area contributed by atoms with Crippen LogP contribution < -0.4 is 0 Å². The first-order valence-corrected chi connectivity index (χ1v) is 20.5. The molecule has 0 amide bonds. The van der Waals surface area contributed by atoms with Crippen molar-refractivity contribution in [2.45, 2.75) is 141 Å². The van der Waals surface area contributed by atoms with E-state index in [0.717, 1.165) is 19.3 Å². The monoisotopic (exact) mass is 566 g/mol. The van der Waals surface area contributed by atoms with Crippen LogP contribution in [0, 0.1) is 5.92 Å². The quantitative estimate of drug-likeness (QED) is 0.232. The Hall–Kier alpha value is -0.546. The molecule has 5 atom stereocenters. The van der Waals surface area contributed by atoms with Crippen LogP contribution in [0.25, 0.3) is 0 Å². The lowest BCUT2D eigenvalue weighted by atomic mass is 9.99. The van der Waals surface area contributed by atoms with Crippen molar-refractivity contribution in [2.24, 2.45) is 5.92 Å². The van der Waals surface area contributed by atoms with E-state index in [1.165, 1.54) is 5.56 Å². The summed E-state index contributed by atoms with van der Waals surface area (Å²) in [6.45, 7) is 26.9. The molecule has 220 valence electrons. The summed E-state index contributed by atoms with van der Waals surface area (Å²) in [5.41, 5.74) is 1.18. The highest BCUT2D eigenvalue weighted by atomic mass is 28.4. The number of aliphatic hydroxyl groups is 1. The van der Waals surface area contributed by atoms with Gasteiger partial charge in [-0.2, -0.15) is 0 Å². The van der Waals surface area contributed by atoms with Gasteiger partial charge in [0.15, 0.2) is 16.6 Å². The maximum atomic E-state index is 10.8. The fourth-order valence-corrected chi connectivity index (χ4v) is 6.69. The smallest absolute Gasteiger partial charge is 0.192 e. The Morgan fingerprint density at radius 2 is 1.53 bits per heavy atom. The van der Waals surface area contributed by atoms with Gasteiger partial charge in [-0.05, 0) is 73.4 Å². The van der Waals surface area contributed by atoms with Crippen LogP contribution in [0.1, 0.15) is 79.7 Å². The van der Waals surface area contributed by atoms with Crippen molar-refractivity contribution in [3.8, 4) is 0 Å². The van der Waals surface area contributed by atoms with Crippen molar-refractivity contribution < 1.29 is 23.4 Å². The van der Waals surface area contributed by atoms with Crippen LogP contribution in [0.2, 0.25) is 36.3 Å². The number of rotatable bonds is 14. The second-order valence-corrected chi connectivity index (χ2v) is 24.2. The fourth-order valence-electron chi connectivity index (χ4n) is 4.34. The van der Waals surface area contributed by atoms with Crippen molar-refractivity contribution in [3.05, 3.63) is 35.9 Å². The molecule has 0 radical (unpaired) electrons. The maximum Gasteiger partial charge on any atom is 0.192 e. The third kappa shape index (κ3) is 10.5. The van der Waals surface area contributed by atoms with Crippen molar-refractivity contribution in [3.63, 3.8) is 0 Å². The van der Waals surface area contributed by atoms with Gasteiger partial charge >= 0.3 is 0 Å². The Morgan fingerprint density at radius 3 is 2.11 bits per heavy atom. The van der Waals surface area contributed by atoms with Crippen molar-refractivity contribution in [1.29, 1.82) is 0 Å². The summed E-state index contributed by atoms with van der Waals surface area (Å²) in [6.07, 6.45) is 2.90. The number of hydrogen-bond acceptors (Lipinski definition) is 5. The van der Waals surface area contributed by atoms with E-state index in [9.17, 15) is 5.11 Å². The number of ether oxygens (including phenoxy) is 2. The predicted octanol–water partition coefficient (Wildman–Crippen LogP) is 7.94. The zero-order valence-electron chi connectivity index (χ0n) is 26.3. The molecule has 4 unspecified atom stereocenters. The van der Waals surface area contributed by atoms with E-state index in [-0.39, 0.29) is 28.4 Å². The standard InChI is InChI=1S/C31H58O5Si2/c1-24(21-33-22-25-15-13-12-14-16-25)19-26(32)20-27-17-18-28(35-27)29(36-38(10,11)31(5,6)7)23-34-37(8,9)30(2,3)4/h12-16,24,26-29,32H,17-23H2,1-11H3/t24?,26-,27?,28?,29?/m1/s1. The first kappa shape index (κ1) is 33.7. The summed E-state index contributed by atoms with van der Waals surface area (Å²) in [7, 11) is -3.91. The van der Waals surface area contributed by atoms with Gasteiger partial charge in [-0.1, -0.05) is 78.8 Å². The Kier molecular flexibility index (Phi) is 12.3. The third-order valence-electron chi connectivity index (χ3n) is 8.95. The first-order valence-electron chi connectivity index (χ1n) is 14.7. The summed E-state index contributed by atoms with van der Waals surface area (Å²) in [5, 5.41) is 11.1. The van der Waals surface area contributed by atoms with Crippen LogP contribution in [0.5, 0.6) is 0 Å². The minimum Gasteiger partial charge on any atom is -0.414 e. The summed E-state index contributed by atoms with van der Waals surface area (Å²) in [6, 6.07) is 10.2. The summed E-state index contributed by atoms with van der Waals surface area (Å²) < 4.78 is 26.0. The minimum atomic E-state index is -2.00. The molecule has 1 aromatic rings. The van der Waals surface area contributed by atoms with E-state index < -0.39 is 22.7 Å².